The Bertz CT molecular complexity index is 2580. The number of halogens is 2. The third-order valence-electron chi connectivity index (χ3n) is 11.0. The van der Waals surface area contributed by atoms with Gasteiger partial charge >= 0.3 is 12.1 Å². The van der Waals surface area contributed by atoms with E-state index in [1.54, 1.807) is 18.2 Å². The van der Waals surface area contributed by atoms with E-state index in [0.29, 0.717) is 10.6 Å². The average molecular weight is 890 g/mol. The van der Waals surface area contributed by atoms with Crippen LogP contribution in [0.1, 0.15) is 40.2 Å². The Morgan fingerprint density at radius 1 is 0.683 bits per heavy atom. The van der Waals surface area contributed by atoms with Gasteiger partial charge in [-0.1, -0.05) is 126 Å². The number of carbonyl (C=O) groups excluding carboxylic acids is 4. The minimum Gasteiger partial charge on any atom is -0.481 e. The molecule has 0 saturated heterocycles. The van der Waals surface area contributed by atoms with Gasteiger partial charge in [0.25, 0.3) is 0 Å². The lowest BCUT2D eigenvalue weighted by Gasteiger charge is -2.26. The first-order chi connectivity index (χ1) is 30.4. The summed E-state index contributed by atoms with van der Waals surface area (Å²) in [6, 6.07) is 33.0. The number of carboxylic acids is 1. The number of alkyl carbamates (subject to hydrolysis) is 1. The molecule has 15 heteroatoms. The number of carboxylic acid groups (broad SMARTS) is 1. The number of H-pyrrole nitrogens is 1. The summed E-state index contributed by atoms with van der Waals surface area (Å²) in [5.41, 5.74) is 13.7. The Morgan fingerprint density at radius 3 is 2.05 bits per heavy atom. The lowest BCUT2D eigenvalue weighted by atomic mass is 9.98. The summed E-state index contributed by atoms with van der Waals surface area (Å²) in [7, 11) is 0. The van der Waals surface area contributed by atoms with Crippen molar-refractivity contribution >= 4 is 63.9 Å². The number of rotatable bonds is 18. The molecule has 8 N–H and O–H groups in total. The van der Waals surface area contributed by atoms with E-state index in [1.807, 2.05) is 109 Å². The molecule has 63 heavy (non-hydrogen) atoms. The number of carbonyl (C=O) groups is 5. The molecule has 1 aromatic heterocycles. The second kappa shape index (κ2) is 20.5. The van der Waals surface area contributed by atoms with E-state index in [1.165, 1.54) is 0 Å². The Balaban J connectivity index is 1.04. The van der Waals surface area contributed by atoms with Crippen LogP contribution in [0.3, 0.4) is 0 Å². The Morgan fingerprint density at radius 2 is 1.35 bits per heavy atom. The maximum atomic E-state index is 14.2. The first kappa shape index (κ1) is 44.4. The van der Waals surface area contributed by atoms with Crippen LogP contribution in [-0.4, -0.2) is 77.2 Å². The van der Waals surface area contributed by atoms with E-state index in [0.717, 1.165) is 44.3 Å². The monoisotopic (exact) mass is 888 g/mol. The predicted octanol–water partition coefficient (Wildman–Crippen LogP) is 6.30. The molecule has 0 spiro atoms. The van der Waals surface area contributed by atoms with Gasteiger partial charge in [-0.2, -0.15) is 0 Å². The van der Waals surface area contributed by atoms with Crippen molar-refractivity contribution in [3.63, 3.8) is 0 Å². The number of benzene rings is 5. The third-order valence-corrected chi connectivity index (χ3v) is 11.8. The molecule has 4 amide bonds. The van der Waals surface area contributed by atoms with Crippen molar-refractivity contribution < 1.29 is 33.8 Å². The SMILES string of the molecule is N[C@@H](Cc1c[nH]c2ccccc12)C(=O)N[C@@H](Cc1ccccc1)C(=O)N[C@@H](CNC(=O)[C@@H](CC(=O)O)NC(=O)OCC1c2ccccc2-c2ccccc21)Cc1ccc(Cl)c(Cl)c1. The number of nitrogens with one attached hydrogen (secondary N) is 5. The van der Waals surface area contributed by atoms with Gasteiger partial charge in [-0.15, -0.1) is 0 Å². The molecule has 7 rings (SSSR count). The Hall–Kier alpha value is -6.67. The van der Waals surface area contributed by atoms with Crippen LogP contribution in [0.4, 0.5) is 4.79 Å². The van der Waals surface area contributed by atoms with Crippen molar-refractivity contribution in [2.75, 3.05) is 13.2 Å². The Kier molecular flexibility index (Phi) is 14.4. The smallest absolute Gasteiger partial charge is 0.407 e. The van der Waals surface area contributed by atoms with Gasteiger partial charge in [-0.3, -0.25) is 19.2 Å². The van der Waals surface area contributed by atoms with E-state index >= 15 is 0 Å². The third kappa shape index (κ3) is 11.2. The number of aromatic amines is 1. The summed E-state index contributed by atoms with van der Waals surface area (Å²) in [6.07, 6.45) is 0.559. The van der Waals surface area contributed by atoms with Crippen LogP contribution in [0.25, 0.3) is 22.0 Å². The van der Waals surface area contributed by atoms with Crippen LogP contribution < -0.4 is 27.0 Å². The molecule has 0 fully saturated rings. The minimum absolute atomic E-state index is 0.0480. The normalized spacial score (nSPS) is 13.8. The first-order valence-corrected chi connectivity index (χ1v) is 21.2. The van der Waals surface area contributed by atoms with Crippen LogP contribution in [0.5, 0.6) is 0 Å². The molecule has 4 atom stereocenters. The van der Waals surface area contributed by atoms with Gasteiger partial charge in [0.15, 0.2) is 0 Å². The molecule has 0 bridgehead atoms. The van der Waals surface area contributed by atoms with Gasteiger partial charge in [0.05, 0.1) is 28.5 Å². The largest absolute Gasteiger partial charge is 0.481 e. The molecule has 0 aliphatic heterocycles. The van der Waals surface area contributed by atoms with Crippen LogP contribution in [0.15, 0.2) is 128 Å². The van der Waals surface area contributed by atoms with Crippen LogP contribution in [0.2, 0.25) is 10.0 Å². The maximum Gasteiger partial charge on any atom is 0.407 e. The first-order valence-electron chi connectivity index (χ1n) is 20.4. The average Bonchev–Trinajstić information content (AvgIpc) is 3.84. The fourth-order valence-electron chi connectivity index (χ4n) is 7.91. The zero-order valence-electron chi connectivity index (χ0n) is 34.0. The second-order valence-electron chi connectivity index (χ2n) is 15.4. The molecule has 1 heterocycles. The highest BCUT2D eigenvalue weighted by atomic mass is 35.5. The summed E-state index contributed by atoms with van der Waals surface area (Å²) < 4.78 is 5.60. The summed E-state index contributed by atoms with van der Waals surface area (Å²) >= 11 is 12.5. The fraction of sp³-hybridized carbons (Fsp3) is 0.229. The molecule has 0 unspecified atom stereocenters. The van der Waals surface area contributed by atoms with Gasteiger partial charge in [0.2, 0.25) is 17.7 Å². The maximum absolute atomic E-state index is 14.2. The van der Waals surface area contributed by atoms with Gasteiger partial charge in [-0.25, -0.2) is 4.79 Å². The number of aliphatic carboxylic acids is 1. The highest BCUT2D eigenvalue weighted by Crippen LogP contribution is 2.44. The molecular weight excluding hydrogens is 843 g/mol. The lowest BCUT2D eigenvalue weighted by Crippen LogP contribution is -2.57. The van der Waals surface area contributed by atoms with Crippen molar-refractivity contribution in [3.05, 3.63) is 165 Å². The molecule has 1 aliphatic carbocycles. The van der Waals surface area contributed by atoms with Gasteiger partial charge in [-0.05, 0) is 70.0 Å². The molecule has 13 nitrogen and oxygen atoms in total. The lowest BCUT2D eigenvalue weighted by molar-refractivity contribution is -0.139. The van der Waals surface area contributed by atoms with Crippen LogP contribution in [0, 0.1) is 0 Å². The number of aromatic nitrogens is 1. The van der Waals surface area contributed by atoms with Crippen molar-refractivity contribution in [1.82, 2.24) is 26.3 Å². The summed E-state index contributed by atoms with van der Waals surface area (Å²) in [5.74, 6) is -3.52. The number of ether oxygens (including phenoxy) is 1. The Labute approximate surface area is 373 Å². The number of para-hydroxylation sites is 1. The standard InChI is InChI=1S/C48H46Cl2N6O7/c49-38-19-18-29(21-39(38)50)20-31(54-47(61)42(22-28-10-2-1-3-11-28)55-45(59)40(51)23-30-25-52-41-17-9-8-12-32(30)41)26-53-46(60)43(24-44(57)58)56-48(62)63-27-37-35-15-6-4-13-33(35)34-14-5-7-16-36(34)37/h1-19,21,25,31,37,40,42-43,52H,20,22-24,26-27,51H2,(H,53,60)(H,54,61)(H,55,59)(H,56,62)(H,57,58)/t31-,40+,42+,43-/m1/s1. The molecule has 324 valence electrons. The van der Waals surface area contributed by atoms with Gasteiger partial charge in [0.1, 0.15) is 18.7 Å². The number of hydrogen-bond acceptors (Lipinski definition) is 7. The zero-order chi connectivity index (χ0) is 44.5. The zero-order valence-corrected chi connectivity index (χ0v) is 35.5. The minimum atomic E-state index is -1.52. The fourth-order valence-corrected chi connectivity index (χ4v) is 8.23. The number of hydrogen-bond donors (Lipinski definition) is 7. The van der Waals surface area contributed by atoms with Crippen LogP contribution in [-0.2, 0) is 43.2 Å². The van der Waals surface area contributed by atoms with Crippen molar-refractivity contribution in [3.8, 4) is 11.1 Å². The van der Waals surface area contributed by atoms with Crippen molar-refractivity contribution in [1.29, 1.82) is 0 Å². The molecule has 5 aromatic carbocycles. The molecule has 1 aliphatic rings. The van der Waals surface area contributed by atoms with Gasteiger partial charge < -0.3 is 41.8 Å². The van der Waals surface area contributed by atoms with E-state index < -0.39 is 60.4 Å². The molecule has 6 aromatic rings. The van der Waals surface area contributed by atoms with Gasteiger partial charge in [0, 0.05) is 36.0 Å². The van der Waals surface area contributed by atoms with E-state index in [2.05, 4.69) is 26.3 Å². The van der Waals surface area contributed by atoms with E-state index in [-0.39, 0.29) is 43.4 Å². The number of fused-ring (bicyclic) bond motifs is 4. The summed E-state index contributed by atoms with van der Waals surface area (Å²) in [6.45, 7) is -0.257. The topological polar surface area (TPSA) is 205 Å². The second-order valence-corrected chi connectivity index (χ2v) is 16.3. The summed E-state index contributed by atoms with van der Waals surface area (Å²) in [4.78, 5) is 69.9. The van der Waals surface area contributed by atoms with E-state index in [9.17, 15) is 29.1 Å². The van der Waals surface area contributed by atoms with Crippen molar-refractivity contribution in [2.45, 2.75) is 55.8 Å². The molecule has 0 saturated carbocycles. The van der Waals surface area contributed by atoms with Crippen molar-refractivity contribution in [2.24, 2.45) is 5.73 Å². The number of nitrogens with two attached hydrogens (primary N) is 1. The quantitative estimate of drug-likeness (QED) is 0.0521. The predicted molar refractivity (Wildman–Crippen MR) is 241 cm³/mol. The number of amides is 4. The summed E-state index contributed by atoms with van der Waals surface area (Å²) in [5, 5.41) is 22.2. The highest BCUT2D eigenvalue weighted by Gasteiger charge is 2.32. The highest BCUT2D eigenvalue weighted by molar-refractivity contribution is 6.42. The molecular formula is C48H46Cl2N6O7. The van der Waals surface area contributed by atoms with E-state index in [4.69, 9.17) is 33.7 Å². The molecule has 0 radical (unpaired) electrons. The van der Waals surface area contributed by atoms with Crippen LogP contribution >= 0.6 is 23.2 Å².